The Labute approximate surface area is 243 Å². The molecule has 2 aliphatic heterocycles. The number of ether oxygens (including phenoxy) is 1. The first kappa shape index (κ1) is 30.0. The summed E-state index contributed by atoms with van der Waals surface area (Å²) in [6, 6.07) is 8.18. The molecular formula is C29H35N7O6. The van der Waals surface area contributed by atoms with E-state index in [-0.39, 0.29) is 30.2 Å². The molecule has 5 rings (SSSR count). The van der Waals surface area contributed by atoms with Crippen LogP contribution in [0.5, 0.6) is 17.2 Å². The molecule has 0 radical (unpaired) electrons. The Morgan fingerprint density at radius 3 is 2.45 bits per heavy atom. The van der Waals surface area contributed by atoms with Crippen molar-refractivity contribution in [2.75, 3.05) is 6.54 Å². The number of aryl methyl sites for hydroxylation is 1. The summed E-state index contributed by atoms with van der Waals surface area (Å²) in [4.78, 5) is 52.6. The Hall–Kier alpha value is -4.94. The summed E-state index contributed by atoms with van der Waals surface area (Å²) in [5, 5.41) is 29.1. The Balaban J connectivity index is 1.60. The Bertz CT molecular complexity index is 1450. The van der Waals surface area contributed by atoms with Gasteiger partial charge in [-0.15, -0.1) is 5.10 Å². The third-order valence-electron chi connectivity index (χ3n) is 6.73. The number of phenolic OH excluding ortho intramolecular Hbond substituents is 1. The van der Waals surface area contributed by atoms with Crippen LogP contribution in [-0.2, 0) is 27.3 Å². The van der Waals surface area contributed by atoms with Gasteiger partial charge in [0.25, 0.3) is 5.91 Å². The molecule has 13 nitrogen and oxygen atoms in total. The predicted octanol–water partition coefficient (Wildman–Crippen LogP) is 1.20. The zero-order chi connectivity index (χ0) is 30.4. The lowest BCUT2D eigenvalue weighted by atomic mass is 10.0. The molecule has 4 bridgehead atoms. The van der Waals surface area contributed by atoms with Crippen LogP contribution in [-0.4, -0.2) is 68.4 Å². The fraction of sp³-hybridized carbons (Fsp3) is 0.379. The van der Waals surface area contributed by atoms with Crippen molar-refractivity contribution in [2.45, 2.75) is 58.8 Å². The van der Waals surface area contributed by atoms with Crippen molar-refractivity contribution < 1.29 is 29.0 Å². The number of rotatable bonds is 5. The second kappa shape index (κ2) is 13.1. The Kier molecular flexibility index (Phi) is 9.40. The summed E-state index contributed by atoms with van der Waals surface area (Å²) < 4.78 is 7.49. The number of hydrogen-bond acceptors (Lipinski definition) is 8. The van der Waals surface area contributed by atoms with Gasteiger partial charge in [0, 0.05) is 19.2 Å². The molecule has 0 saturated carbocycles. The number of benzene rings is 2. The van der Waals surface area contributed by atoms with Crippen LogP contribution in [0.4, 0.5) is 0 Å². The van der Waals surface area contributed by atoms with Gasteiger partial charge in [0.15, 0.2) is 0 Å². The van der Waals surface area contributed by atoms with Crippen molar-refractivity contribution in [3.8, 4) is 17.2 Å². The SMILES string of the molecule is Cc1cn(CCNC(=O)[C@@H]2Cc3ccc(cc3)Oc3ccc(O)c(c3)C(=O)N[C@@H](C(C)C)C(=O)N[C@@H](C)C(=O)N2)nn1. The number of fused-ring (bicyclic) bond motifs is 11. The zero-order valence-corrected chi connectivity index (χ0v) is 23.9. The number of nitrogens with one attached hydrogen (secondary N) is 4. The van der Waals surface area contributed by atoms with Crippen LogP contribution in [0.3, 0.4) is 0 Å². The van der Waals surface area contributed by atoms with E-state index in [1.807, 2.05) is 6.92 Å². The predicted molar refractivity (Wildman–Crippen MR) is 152 cm³/mol. The molecule has 2 aromatic carbocycles. The van der Waals surface area contributed by atoms with Gasteiger partial charge in [-0.2, -0.15) is 0 Å². The van der Waals surface area contributed by atoms with Crippen LogP contribution in [0.2, 0.25) is 0 Å². The number of carbonyl (C=O) groups is 4. The minimum Gasteiger partial charge on any atom is -0.507 e. The Morgan fingerprint density at radius 2 is 1.79 bits per heavy atom. The van der Waals surface area contributed by atoms with E-state index < -0.39 is 41.8 Å². The molecule has 3 atom stereocenters. The summed E-state index contributed by atoms with van der Waals surface area (Å²) >= 11 is 0. The second-order valence-corrected chi connectivity index (χ2v) is 10.5. The fourth-order valence-electron chi connectivity index (χ4n) is 4.38. The molecule has 3 heterocycles. The normalized spacial score (nSPS) is 19.6. The van der Waals surface area contributed by atoms with E-state index in [2.05, 4.69) is 31.6 Å². The summed E-state index contributed by atoms with van der Waals surface area (Å²) in [6.07, 6.45) is 1.93. The highest BCUT2D eigenvalue weighted by Crippen LogP contribution is 2.28. The third-order valence-corrected chi connectivity index (χ3v) is 6.73. The maximum absolute atomic E-state index is 13.2. The van der Waals surface area contributed by atoms with E-state index in [0.29, 0.717) is 18.0 Å². The molecule has 3 aromatic rings. The summed E-state index contributed by atoms with van der Waals surface area (Å²) in [5.41, 5.74) is 1.44. The highest BCUT2D eigenvalue weighted by atomic mass is 16.5. The van der Waals surface area contributed by atoms with Gasteiger partial charge in [0.1, 0.15) is 35.4 Å². The van der Waals surface area contributed by atoms with E-state index in [9.17, 15) is 24.3 Å². The molecule has 5 N–H and O–H groups in total. The highest BCUT2D eigenvalue weighted by Gasteiger charge is 2.30. The first-order valence-corrected chi connectivity index (χ1v) is 13.7. The summed E-state index contributed by atoms with van der Waals surface area (Å²) in [5.74, 6) is -2.11. The van der Waals surface area contributed by atoms with Crippen LogP contribution in [0.25, 0.3) is 0 Å². The van der Waals surface area contributed by atoms with E-state index >= 15 is 0 Å². The molecule has 2 aliphatic rings. The largest absolute Gasteiger partial charge is 0.507 e. The topological polar surface area (TPSA) is 177 Å². The minimum absolute atomic E-state index is 0.0673. The number of hydrogen-bond donors (Lipinski definition) is 5. The number of aromatic hydroxyl groups is 1. The van der Waals surface area contributed by atoms with Gasteiger partial charge in [-0.1, -0.05) is 31.2 Å². The van der Waals surface area contributed by atoms with Gasteiger partial charge in [0.2, 0.25) is 17.7 Å². The first-order valence-electron chi connectivity index (χ1n) is 13.7. The molecule has 4 amide bonds. The maximum Gasteiger partial charge on any atom is 0.255 e. The molecule has 0 unspecified atom stereocenters. The number of amides is 4. The fourth-order valence-corrected chi connectivity index (χ4v) is 4.38. The van der Waals surface area contributed by atoms with E-state index in [1.54, 1.807) is 49.0 Å². The molecule has 0 fully saturated rings. The standard InChI is InChI=1S/C29H35N7O6/c1-16(2)25-29(41)31-18(4)26(38)32-23(28(40)30-11-12-36-15-17(3)34-35-36)13-19-5-7-20(8-6-19)42-21-9-10-24(37)22(14-21)27(39)33-25/h5-10,14-16,18,23,25,37H,11-13H2,1-4H3,(H,30,40)(H,31,41)(H,32,38)(H,33,39)/t18-,23-,25-/m0/s1. The van der Waals surface area contributed by atoms with Crippen LogP contribution >= 0.6 is 0 Å². The lowest BCUT2D eigenvalue weighted by molar-refractivity contribution is -0.132. The average Bonchev–Trinajstić information content (AvgIpc) is 3.36. The quantitative estimate of drug-likeness (QED) is 0.281. The van der Waals surface area contributed by atoms with Crippen LogP contribution in [0, 0.1) is 12.8 Å². The molecular weight excluding hydrogens is 542 g/mol. The Morgan fingerprint density at radius 1 is 1.07 bits per heavy atom. The first-order chi connectivity index (χ1) is 20.0. The van der Waals surface area contributed by atoms with E-state index in [1.165, 1.54) is 25.1 Å². The van der Waals surface area contributed by atoms with Crippen molar-refractivity contribution >= 4 is 23.6 Å². The molecule has 1 aromatic heterocycles. The van der Waals surface area contributed by atoms with Crippen LogP contribution in [0.1, 0.15) is 42.4 Å². The summed E-state index contributed by atoms with van der Waals surface area (Å²) in [7, 11) is 0. The molecule has 222 valence electrons. The van der Waals surface area contributed by atoms with Crippen molar-refractivity contribution in [2.24, 2.45) is 5.92 Å². The maximum atomic E-state index is 13.2. The number of nitrogens with zero attached hydrogens (tertiary/aromatic N) is 3. The summed E-state index contributed by atoms with van der Waals surface area (Å²) in [6.45, 7) is 7.45. The van der Waals surface area contributed by atoms with Crippen molar-refractivity contribution in [1.29, 1.82) is 0 Å². The minimum atomic E-state index is -1.02. The molecule has 13 heteroatoms. The monoisotopic (exact) mass is 577 g/mol. The van der Waals surface area contributed by atoms with Gasteiger partial charge < -0.3 is 31.1 Å². The van der Waals surface area contributed by atoms with Gasteiger partial charge in [-0.05, 0) is 55.7 Å². The molecule has 42 heavy (non-hydrogen) atoms. The van der Waals surface area contributed by atoms with Crippen LogP contribution in [0.15, 0.2) is 48.7 Å². The average molecular weight is 578 g/mol. The van der Waals surface area contributed by atoms with Gasteiger partial charge in [-0.3, -0.25) is 23.9 Å². The lowest BCUT2D eigenvalue weighted by Crippen LogP contribution is -2.57. The van der Waals surface area contributed by atoms with E-state index in [0.717, 1.165) is 11.3 Å². The van der Waals surface area contributed by atoms with Gasteiger partial charge in [-0.25, -0.2) is 0 Å². The zero-order valence-electron chi connectivity index (χ0n) is 23.9. The van der Waals surface area contributed by atoms with Crippen molar-refractivity contribution in [3.63, 3.8) is 0 Å². The number of aromatic nitrogens is 3. The number of carbonyl (C=O) groups excluding carboxylic acids is 4. The highest BCUT2D eigenvalue weighted by molar-refractivity contribution is 6.00. The third kappa shape index (κ3) is 7.62. The van der Waals surface area contributed by atoms with Crippen LogP contribution < -0.4 is 26.0 Å². The molecule has 0 spiro atoms. The smallest absolute Gasteiger partial charge is 0.255 e. The molecule has 0 aliphatic carbocycles. The second-order valence-electron chi connectivity index (χ2n) is 10.5. The van der Waals surface area contributed by atoms with Gasteiger partial charge in [0.05, 0.1) is 17.8 Å². The molecule has 0 saturated heterocycles. The van der Waals surface area contributed by atoms with Gasteiger partial charge >= 0.3 is 0 Å². The van der Waals surface area contributed by atoms with Crippen molar-refractivity contribution in [3.05, 3.63) is 65.5 Å². The lowest BCUT2D eigenvalue weighted by Gasteiger charge is -2.25. The van der Waals surface area contributed by atoms with E-state index in [4.69, 9.17) is 4.74 Å². The van der Waals surface area contributed by atoms with Crippen molar-refractivity contribution in [1.82, 2.24) is 36.3 Å². The number of phenols is 1.